The Morgan fingerprint density at radius 1 is 0.917 bits per heavy atom. The Morgan fingerprint density at radius 2 is 1.53 bits per heavy atom. The smallest absolute Gasteiger partial charge is 0.296 e. The molecule has 8 nitrogen and oxygen atoms in total. The first-order chi connectivity index (χ1) is 17.0. The summed E-state index contributed by atoms with van der Waals surface area (Å²) in [6.07, 6.45) is 3.82. The molecule has 1 aliphatic heterocycles. The van der Waals surface area contributed by atoms with E-state index in [9.17, 15) is 16.8 Å². The standard InChI is InChI=1S/C26H31N3O5S2/c1-18-4-8-23(9-5-18)35(30,31)29-16-22-14-26-21(13-25(22)27-29)12-20(15-28(26)3)17-34-36(32,33)24-10-6-19(2)7-11-24/h4-11,16,20-21,26H,12-15,17H2,1-3H3. The summed E-state index contributed by atoms with van der Waals surface area (Å²) in [6, 6.07) is 13.7. The maximum atomic E-state index is 13.1. The van der Waals surface area contributed by atoms with Crippen LogP contribution >= 0.6 is 0 Å². The van der Waals surface area contributed by atoms with Crippen molar-refractivity contribution >= 4 is 20.1 Å². The molecular weight excluding hydrogens is 498 g/mol. The second-order valence-electron chi connectivity index (χ2n) is 10.1. The molecule has 0 amide bonds. The van der Waals surface area contributed by atoms with Gasteiger partial charge < -0.3 is 4.90 Å². The lowest BCUT2D eigenvalue weighted by molar-refractivity contribution is 0.0514. The van der Waals surface area contributed by atoms with E-state index in [-0.39, 0.29) is 34.3 Å². The van der Waals surface area contributed by atoms with Crippen LogP contribution in [0.4, 0.5) is 0 Å². The van der Waals surface area contributed by atoms with Gasteiger partial charge in [0.05, 0.1) is 22.1 Å². The van der Waals surface area contributed by atoms with Crippen molar-refractivity contribution in [3.05, 3.63) is 77.1 Å². The van der Waals surface area contributed by atoms with Crippen LogP contribution in [0.25, 0.3) is 0 Å². The predicted molar refractivity (Wildman–Crippen MR) is 136 cm³/mol. The minimum absolute atomic E-state index is 0.0522. The van der Waals surface area contributed by atoms with E-state index < -0.39 is 20.1 Å². The monoisotopic (exact) mass is 529 g/mol. The van der Waals surface area contributed by atoms with E-state index in [0.29, 0.717) is 6.42 Å². The number of aryl methyl sites for hydroxylation is 2. The summed E-state index contributed by atoms with van der Waals surface area (Å²) in [5, 5.41) is 4.48. The Morgan fingerprint density at radius 3 is 2.17 bits per heavy atom. The lowest BCUT2D eigenvalue weighted by atomic mass is 9.75. The second kappa shape index (κ2) is 9.41. The number of nitrogens with zero attached hydrogens (tertiary/aromatic N) is 3. The summed E-state index contributed by atoms with van der Waals surface area (Å²) in [5.41, 5.74) is 3.73. The Bertz CT molecular complexity index is 1460. The molecule has 192 valence electrons. The highest BCUT2D eigenvalue weighted by Gasteiger charge is 2.40. The number of aromatic nitrogens is 2. The van der Waals surface area contributed by atoms with Crippen molar-refractivity contribution in [3.63, 3.8) is 0 Å². The van der Waals surface area contributed by atoms with Gasteiger partial charge in [-0.2, -0.15) is 26.0 Å². The molecular formula is C26H31N3O5S2. The highest BCUT2D eigenvalue weighted by Crippen LogP contribution is 2.37. The van der Waals surface area contributed by atoms with Crippen LogP contribution in [-0.2, 0) is 37.2 Å². The molecule has 1 fully saturated rings. The molecule has 3 unspecified atom stereocenters. The van der Waals surface area contributed by atoms with Gasteiger partial charge in [0.2, 0.25) is 0 Å². The third kappa shape index (κ3) is 4.87. The maximum absolute atomic E-state index is 13.1. The SMILES string of the molecule is Cc1ccc(S(=O)(=O)OCC2CC3Cc4nn(S(=O)(=O)c5ccc(C)cc5)cc4CC3N(C)C2)cc1. The van der Waals surface area contributed by atoms with Gasteiger partial charge in [-0.3, -0.25) is 4.18 Å². The van der Waals surface area contributed by atoms with Crippen LogP contribution in [0, 0.1) is 25.7 Å². The summed E-state index contributed by atoms with van der Waals surface area (Å²) < 4.78 is 58.1. The van der Waals surface area contributed by atoms with Crippen molar-refractivity contribution < 1.29 is 21.0 Å². The Kier molecular flexibility index (Phi) is 6.57. The summed E-state index contributed by atoms with van der Waals surface area (Å²) in [7, 11) is -5.53. The van der Waals surface area contributed by atoms with Crippen LogP contribution in [-0.4, -0.2) is 57.2 Å². The normalized spacial score (nSPS) is 22.7. The molecule has 1 aliphatic carbocycles. The van der Waals surface area contributed by atoms with Crippen molar-refractivity contribution in [1.82, 2.24) is 14.1 Å². The molecule has 36 heavy (non-hydrogen) atoms. The molecule has 1 saturated heterocycles. The average Bonchev–Trinajstić information content (AvgIpc) is 3.26. The van der Waals surface area contributed by atoms with E-state index in [2.05, 4.69) is 10.00 Å². The first kappa shape index (κ1) is 25.1. The fraction of sp³-hybridized carbons (Fsp3) is 0.423. The Balaban J connectivity index is 1.29. The molecule has 0 spiro atoms. The number of benzene rings is 2. The number of hydrogen-bond acceptors (Lipinski definition) is 7. The first-order valence-corrected chi connectivity index (χ1v) is 14.9. The number of fused-ring (bicyclic) bond motifs is 2. The molecule has 3 aromatic rings. The van der Waals surface area contributed by atoms with Gasteiger partial charge in [-0.15, -0.1) is 0 Å². The quantitative estimate of drug-likeness (QED) is 0.452. The minimum atomic E-state index is -3.81. The zero-order valence-corrected chi connectivity index (χ0v) is 22.3. The highest BCUT2D eigenvalue weighted by molar-refractivity contribution is 7.89. The van der Waals surface area contributed by atoms with Gasteiger partial charge in [-0.25, -0.2) is 0 Å². The summed E-state index contributed by atoms with van der Waals surface area (Å²) in [5.74, 6) is 0.300. The van der Waals surface area contributed by atoms with Gasteiger partial charge >= 0.3 is 0 Å². The maximum Gasteiger partial charge on any atom is 0.296 e. The van der Waals surface area contributed by atoms with E-state index in [1.807, 2.05) is 20.9 Å². The van der Waals surface area contributed by atoms with E-state index in [4.69, 9.17) is 4.18 Å². The van der Waals surface area contributed by atoms with Crippen LogP contribution in [0.2, 0.25) is 0 Å². The van der Waals surface area contributed by atoms with E-state index in [1.54, 1.807) is 54.7 Å². The molecule has 0 radical (unpaired) electrons. The van der Waals surface area contributed by atoms with Crippen molar-refractivity contribution in [2.75, 3.05) is 20.2 Å². The summed E-state index contributed by atoms with van der Waals surface area (Å²) in [4.78, 5) is 2.63. The third-order valence-electron chi connectivity index (χ3n) is 7.37. The van der Waals surface area contributed by atoms with Gasteiger partial charge in [0.25, 0.3) is 20.1 Å². The fourth-order valence-corrected chi connectivity index (χ4v) is 7.51. The second-order valence-corrected chi connectivity index (χ2v) is 13.5. The molecule has 0 saturated carbocycles. The topological polar surface area (TPSA) is 98.6 Å². The van der Waals surface area contributed by atoms with Crippen LogP contribution in [0.1, 0.15) is 28.8 Å². The van der Waals surface area contributed by atoms with E-state index in [1.165, 1.54) is 0 Å². The minimum Gasteiger partial charge on any atom is -0.302 e. The fourth-order valence-electron chi connectivity index (χ4n) is 5.36. The first-order valence-electron chi connectivity index (χ1n) is 12.1. The Hall–Kier alpha value is -2.53. The van der Waals surface area contributed by atoms with Crippen molar-refractivity contribution in [1.29, 1.82) is 0 Å². The molecule has 2 heterocycles. The zero-order valence-electron chi connectivity index (χ0n) is 20.7. The van der Waals surface area contributed by atoms with Gasteiger partial charge in [-0.05, 0) is 81.8 Å². The van der Waals surface area contributed by atoms with Crippen molar-refractivity contribution in [3.8, 4) is 0 Å². The summed E-state index contributed by atoms with van der Waals surface area (Å²) >= 11 is 0. The molecule has 10 heteroatoms. The summed E-state index contributed by atoms with van der Waals surface area (Å²) in [6.45, 7) is 4.65. The molecule has 1 aromatic heterocycles. The number of hydrogen-bond donors (Lipinski definition) is 0. The number of rotatable bonds is 6. The largest absolute Gasteiger partial charge is 0.302 e. The average molecular weight is 530 g/mol. The lowest BCUT2D eigenvalue weighted by Gasteiger charge is -2.44. The molecule has 0 N–H and O–H groups in total. The van der Waals surface area contributed by atoms with Gasteiger partial charge in [-0.1, -0.05) is 35.4 Å². The van der Waals surface area contributed by atoms with Crippen LogP contribution < -0.4 is 0 Å². The predicted octanol–water partition coefficient (Wildman–Crippen LogP) is 3.18. The molecule has 2 aliphatic rings. The number of likely N-dealkylation sites (tertiary alicyclic amines) is 1. The van der Waals surface area contributed by atoms with Crippen LogP contribution in [0.15, 0.2) is 64.5 Å². The zero-order chi connectivity index (χ0) is 25.7. The highest BCUT2D eigenvalue weighted by atomic mass is 32.2. The number of piperidine rings is 1. The van der Waals surface area contributed by atoms with Crippen molar-refractivity contribution in [2.24, 2.45) is 11.8 Å². The van der Waals surface area contributed by atoms with E-state index >= 15 is 0 Å². The third-order valence-corrected chi connectivity index (χ3v) is 10.2. The van der Waals surface area contributed by atoms with Gasteiger partial charge in [0, 0.05) is 18.8 Å². The van der Waals surface area contributed by atoms with Gasteiger partial charge in [0.15, 0.2) is 0 Å². The molecule has 3 atom stereocenters. The lowest BCUT2D eigenvalue weighted by Crippen LogP contribution is -2.51. The molecule has 0 bridgehead atoms. The van der Waals surface area contributed by atoms with Crippen molar-refractivity contribution in [2.45, 2.75) is 48.9 Å². The Labute approximate surface area is 213 Å². The molecule has 2 aromatic carbocycles. The van der Waals surface area contributed by atoms with Gasteiger partial charge in [0.1, 0.15) is 0 Å². The van der Waals surface area contributed by atoms with E-state index in [0.717, 1.165) is 45.9 Å². The van der Waals surface area contributed by atoms with Crippen LogP contribution in [0.3, 0.4) is 0 Å². The van der Waals surface area contributed by atoms with Crippen LogP contribution in [0.5, 0.6) is 0 Å². The molecule has 5 rings (SSSR count). The number of likely N-dealkylation sites (N-methyl/N-ethyl adjacent to an activating group) is 1.